The maximum atomic E-state index is 4.85. The van der Waals surface area contributed by atoms with E-state index < -0.39 is 0 Å². The number of hydrogen-bond donors (Lipinski definition) is 1. The molecule has 3 N–H and O–H groups in total. The molecule has 46 valence electrons. The number of rotatable bonds is 1. The van der Waals surface area contributed by atoms with Crippen LogP contribution in [0.4, 0.5) is 0 Å². The minimum Gasteiger partial charge on any atom is -0.568 e. The molecule has 1 rings (SSSR count). The molecule has 0 aliphatic rings. The van der Waals surface area contributed by atoms with Gasteiger partial charge in [-0.15, -0.1) is 0 Å². The van der Waals surface area contributed by atoms with Crippen LogP contribution < -0.4 is 10.8 Å². The van der Waals surface area contributed by atoms with E-state index in [2.05, 4.69) is 4.65 Å². The molecule has 0 fully saturated rings. The molecule has 0 aliphatic carbocycles. The molecule has 3 heteroatoms. The summed E-state index contributed by atoms with van der Waals surface area (Å²) in [7, 11) is 4.85. The van der Waals surface area contributed by atoms with Gasteiger partial charge in [0.25, 0.3) is 0 Å². The topological polar surface area (TPSA) is 44.2 Å². The van der Waals surface area contributed by atoms with Gasteiger partial charge in [-0.25, -0.2) is 0 Å². The van der Waals surface area contributed by atoms with Crippen molar-refractivity contribution in [2.24, 2.45) is 0 Å². The molecule has 0 amide bonds. The van der Waals surface area contributed by atoms with Crippen LogP contribution >= 0.6 is 0 Å². The molecule has 1 aromatic rings. The monoisotopic (exact) mass is 121 g/mol. The lowest BCUT2D eigenvalue weighted by molar-refractivity contribution is 0.616. The van der Waals surface area contributed by atoms with Crippen LogP contribution in [0.1, 0.15) is 0 Å². The van der Waals surface area contributed by atoms with Crippen molar-refractivity contribution in [3.8, 4) is 5.75 Å². The average Bonchev–Trinajstić information content (AvgIpc) is 1.90. The molecule has 0 saturated heterocycles. The van der Waals surface area contributed by atoms with Gasteiger partial charge < -0.3 is 10.8 Å². The van der Waals surface area contributed by atoms with E-state index in [0.717, 1.165) is 0 Å². The highest BCUT2D eigenvalue weighted by Gasteiger charge is 1.80. The maximum Gasteiger partial charge on any atom is 0.374 e. The van der Waals surface area contributed by atoms with E-state index in [9.17, 15) is 0 Å². The molecule has 0 saturated carbocycles. The van der Waals surface area contributed by atoms with Crippen molar-refractivity contribution in [3.05, 3.63) is 30.3 Å². The molecule has 0 atom stereocenters. The van der Waals surface area contributed by atoms with Crippen molar-refractivity contribution < 1.29 is 4.65 Å². The largest absolute Gasteiger partial charge is 0.568 e. The van der Waals surface area contributed by atoms with E-state index in [-0.39, 0.29) is 6.15 Å². The van der Waals surface area contributed by atoms with Crippen LogP contribution in [0.3, 0.4) is 0 Å². The highest BCUT2D eigenvalue weighted by molar-refractivity contribution is 5.99. The molecular weight excluding hydrogens is 113 g/mol. The lowest BCUT2D eigenvalue weighted by Crippen LogP contribution is -1.81. The van der Waals surface area contributed by atoms with Crippen molar-refractivity contribution in [1.29, 1.82) is 0 Å². The number of benzene rings is 1. The second-order valence-electron chi connectivity index (χ2n) is 1.43. The normalized spacial score (nSPS) is 7.56. The van der Waals surface area contributed by atoms with Crippen LogP contribution in [-0.2, 0) is 0 Å². The van der Waals surface area contributed by atoms with Gasteiger partial charge in [-0.3, -0.25) is 0 Å². The minimum absolute atomic E-state index is 0. The summed E-state index contributed by atoms with van der Waals surface area (Å²) in [5.74, 6) is 0.688. The smallest absolute Gasteiger partial charge is 0.374 e. The Bertz CT molecular complexity index is 154. The van der Waals surface area contributed by atoms with Gasteiger partial charge >= 0.3 is 8.05 Å². The third kappa shape index (κ3) is 2.19. The zero-order valence-electron chi connectivity index (χ0n) is 5.08. The van der Waals surface area contributed by atoms with Crippen LogP contribution in [0.25, 0.3) is 0 Å². The summed E-state index contributed by atoms with van der Waals surface area (Å²) in [6.45, 7) is 0. The summed E-state index contributed by atoms with van der Waals surface area (Å²) in [6.07, 6.45) is 0. The average molecular weight is 121 g/mol. The predicted octanol–water partition coefficient (Wildman–Crippen LogP) is 1.31. The quantitative estimate of drug-likeness (QED) is 0.569. The predicted molar refractivity (Wildman–Crippen MR) is 37.8 cm³/mol. The molecule has 9 heavy (non-hydrogen) atoms. The van der Waals surface area contributed by atoms with Gasteiger partial charge in [0.05, 0.1) is 5.75 Å². The summed E-state index contributed by atoms with van der Waals surface area (Å²) >= 11 is 0. The zero-order valence-corrected chi connectivity index (χ0v) is 5.08. The van der Waals surface area contributed by atoms with E-state index in [1.54, 1.807) is 12.1 Å². The Morgan fingerprint density at radius 1 is 1.11 bits per heavy atom. The Balaban J connectivity index is 0.000000640. The van der Waals surface area contributed by atoms with Gasteiger partial charge in [-0.1, -0.05) is 18.2 Å². The first kappa shape index (κ1) is 8.04. The Hall–Kier alpha value is -0.955. The second kappa shape index (κ2) is 3.98. The second-order valence-corrected chi connectivity index (χ2v) is 1.43. The molecule has 0 bridgehead atoms. The summed E-state index contributed by atoms with van der Waals surface area (Å²) in [6, 6.07) is 9.22. The molecule has 0 heterocycles. The van der Waals surface area contributed by atoms with Gasteiger partial charge in [0.1, 0.15) is 0 Å². The van der Waals surface area contributed by atoms with Crippen molar-refractivity contribution in [2.75, 3.05) is 0 Å². The van der Waals surface area contributed by atoms with Crippen molar-refractivity contribution in [3.63, 3.8) is 0 Å². The van der Waals surface area contributed by atoms with Gasteiger partial charge in [0.2, 0.25) is 0 Å². The SMILES string of the molecule is N.[B]Oc1ccccc1. The number of hydrogen-bond acceptors (Lipinski definition) is 2. The Morgan fingerprint density at radius 2 is 1.67 bits per heavy atom. The van der Waals surface area contributed by atoms with E-state index in [0.29, 0.717) is 5.75 Å². The first-order valence-corrected chi connectivity index (χ1v) is 2.35. The van der Waals surface area contributed by atoms with Crippen molar-refractivity contribution in [2.45, 2.75) is 0 Å². The molecular formula is C6H8BNO. The molecule has 2 radical (unpaired) electrons. The van der Waals surface area contributed by atoms with Crippen LogP contribution in [0.5, 0.6) is 5.75 Å². The summed E-state index contributed by atoms with van der Waals surface area (Å²) in [5.41, 5.74) is 0. The van der Waals surface area contributed by atoms with Crippen LogP contribution in [0.2, 0.25) is 0 Å². The van der Waals surface area contributed by atoms with E-state index in [4.69, 9.17) is 8.05 Å². The molecule has 0 aromatic heterocycles. The molecule has 0 aliphatic heterocycles. The standard InChI is InChI=1S/C6H5BO.H3N/c7-8-6-4-2-1-3-5-6;/h1-5H;1H3. The third-order valence-electron chi connectivity index (χ3n) is 0.879. The lowest BCUT2D eigenvalue weighted by atomic mass is 10.3. The Kier molecular flexibility index (Phi) is 3.56. The van der Waals surface area contributed by atoms with E-state index in [1.807, 2.05) is 18.2 Å². The first-order valence-electron chi connectivity index (χ1n) is 2.35. The van der Waals surface area contributed by atoms with Gasteiger partial charge in [-0.2, -0.15) is 0 Å². The summed E-state index contributed by atoms with van der Waals surface area (Å²) < 4.78 is 4.41. The van der Waals surface area contributed by atoms with E-state index in [1.165, 1.54) is 0 Å². The van der Waals surface area contributed by atoms with Crippen molar-refractivity contribution >= 4 is 8.05 Å². The van der Waals surface area contributed by atoms with Gasteiger partial charge in [-0.05, 0) is 12.1 Å². The van der Waals surface area contributed by atoms with E-state index >= 15 is 0 Å². The Labute approximate surface area is 55.9 Å². The molecule has 1 aromatic carbocycles. The first-order chi connectivity index (χ1) is 3.93. The van der Waals surface area contributed by atoms with Gasteiger partial charge in [0.15, 0.2) is 0 Å². The molecule has 2 nitrogen and oxygen atoms in total. The zero-order chi connectivity index (χ0) is 5.82. The fourth-order valence-corrected chi connectivity index (χ4v) is 0.499. The third-order valence-corrected chi connectivity index (χ3v) is 0.879. The fourth-order valence-electron chi connectivity index (χ4n) is 0.499. The highest BCUT2D eigenvalue weighted by atomic mass is 16.4. The van der Waals surface area contributed by atoms with Crippen LogP contribution in [0, 0.1) is 0 Å². The van der Waals surface area contributed by atoms with Gasteiger partial charge in [0, 0.05) is 0 Å². The molecule has 0 unspecified atom stereocenters. The minimum atomic E-state index is 0. The Morgan fingerprint density at radius 3 is 2.00 bits per heavy atom. The van der Waals surface area contributed by atoms with Crippen molar-refractivity contribution in [1.82, 2.24) is 6.15 Å². The highest BCUT2D eigenvalue weighted by Crippen LogP contribution is 2.05. The lowest BCUT2D eigenvalue weighted by Gasteiger charge is -1.94. The summed E-state index contributed by atoms with van der Waals surface area (Å²) in [5, 5.41) is 0. The fraction of sp³-hybridized carbons (Fsp3) is 0. The van der Waals surface area contributed by atoms with Crippen LogP contribution in [0.15, 0.2) is 30.3 Å². The van der Waals surface area contributed by atoms with Crippen LogP contribution in [-0.4, -0.2) is 8.05 Å². The molecule has 0 spiro atoms. The number of para-hydroxylation sites is 1. The maximum absolute atomic E-state index is 4.85. The summed E-state index contributed by atoms with van der Waals surface area (Å²) in [4.78, 5) is 0.